The first kappa shape index (κ1) is 10.3. The van der Waals surface area contributed by atoms with Crippen molar-refractivity contribution >= 4 is 0 Å². The highest BCUT2D eigenvalue weighted by Gasteiger charge is 2.51. The summed E-state index contributed by atoms with van der Waals surface area (Å²) >= 11 is 0. The van der Waals surface area contributed by atoms with E-state index in [2.05, 4.69) is 38.1 Å². The molecule has 0 radical (unpaired) electrons. The minimum absolute atomic E-state index is 0.0497. The Labute approximate surface area is 98.0 Å². The summed E-state index contributed by atoms with van der Waals surface area (Å²) in [5.74, 6) is 0.852. The van der Waals surface area contributed by atoms with E-state index in [1.165, 1.54) is 36.8 Å². The van der Waals surface area contributed by atoms with Crippen molar-refractivity contribution in [1.82, 2.24) is 0 Å². The van der Waals surface area contributed by atoms with Crippen molar-refractivity contribution in [3.8, 4) is 0 Å². The summed E-state index contributed by atoms with van der Waals surface area (Å²) in [4.78, 5) is 0. The van der Waals surface area contributed by atoms with Gasteiger partial charge in [-0.05, 0) is 42.7 Å². The number of hydrogen-bond acceptors (Lipinski definition) is 1. The zero-order valence-electron chi connectivity index (χ0n) is 10.3. The van der Waals surface area contributed by atoms with Crippen molar-refractivity contribution in [3.63, 3.8) is 0 Å². The standard InChI is InChI=1S/C15H21N/c1-14(2,15(16)9-10-15)13-7-5-12(6-8-13)11-3-4-11/h5-8,11H,3-4,9-10,16H2,1-2H3. The molecule has 86 valence electrons. The summed E-state index contributed by atoms with van der Waals surface area (Å²) in [6.07, 6.45) is 5.10. The highest BCUT2D eigenvalue weighted by Crippen LogP contribution is 2.49. The molecule has 0 spiro atoms. The molecule has 2 aliphatic rings. The second kappa shape index (κ2) is 3.10. The van der Waals surface area contributed by atoms with E-state index in [4.69, 9.17) is 5.73 Å². The highest BCUT2D eigenvalue weighted by atomic mass is 14.9. The normalized spacial score (nSPS) is 23.2. The van der Waals surface area contributed by atoms with Crippen LogP contribution in [-0.2, 0) is 5.41 Å². The minimum atomic E-state index is 0.0497. The van der Waals surface area contributed by atoms with Gasteiger partial charge in [-0.1, -0.05) is 38.1 Å². The Bertz CT molecular complexity index is 394. The molecule has 1 heteroatoms. The zero-order chi connectivity index (χ0) is 11.4. The van der Waals surface area contributed by atoms with Gasteiger partial charge in [0.05, 0.1) is 0 Å². The Morgan fingerprint density at radius 3 is 2.12 bits per heavy atom. The van der Waals surface area contributed by atoms with Crippen molar-refractivity contribution in [2.75, 3.05) is 0 Å². The molecule has 1 aromatic rings. The Kier molecular flexibility index (Phi) is 2.00. The van der Waals surface area contributed by atoms with Crippen LogP contribution in [0.4, 0.5) is 0 Å². The molecule has 3 rings (SSSR count). The first-order valence-corrected chi connectivity index (χ1v) is 6.42. The van der Waals surface area contributed by atoms with E-state index in [9.17, 15) is 0 Å². The predicted molar refractivity (Wildman–Crippen MR) is 67.6 cm³/mol. The predicted octanol–water partition coefficient (Wildman–Crippen LogP) is 3.33. The third kappa shape index (κ3) is 1.49. The Morgan fingerprint density at radius 1 is 1.12 bits per heavy atom. The molecule has 0 saturated heterocycles. The number of nitrogens with two attached hydrogens (primary N) is 1. The Balaban J connectivity index is 1.88. The molecule has 2 aliphatic carbocycles. The second-order valence-corrected chi connectivity index (χ2v) is 6.18. The van der Waals surface area contributed by atoms with Crippen LogP contribution in [0.25, 0.3) is 0 Å². The molecule has 0 bridgehead atoms. The zero-order valence-corrected chi connectivity index (χ0v) is 10.3. The molecule has 2 fully saturated rings. The van der Waals surface area contributed by atoms with Crippen LogP contribution in [0.3, 0.4) is 0 Å². The molecule has 0 aliphatic heterocycles. The van der Waals surface area contributed by atoms with Crippen LogP contribution in [0.15, 0.2) is 24.3 Å². The molecule has 1 aromatic carbocycles. The minimum Gasteiger partial charge on any atom is -0.324 e. The van der Waals surface area contributed by atoms with Crippen LogP contribution in [-0.4, -0.2) is 5.54 Å². The van der Waals surface area contributed by atoms with Crippen molar-refractivity contribution in [2.24, 2.45) is 5.73 Å². The quantitative estimate of drug-likeness (QED) is 0.822. The second-order valence-electron chi connectivity index (χ2n) is 6.18. The molecular formula is C15H21N. The number of hydrogen-bond donors (Lipinski definition) is 1. The van der Waals surface area contributed by atoms with Crippen molar-refractivity contribution < 1.29 is 0 Å². The fourth-order valence-corrected chi connectivity index (χ4v) is 2.64. The average molecular weight is 215 g/mol. The van der Waals surface area contributed by atoms with E-state index in [1.54, 1.807) is 0 Å². The maximum absolute atomic E-state index is 6.37. The molecule has 0 heterocycles. The van der Waals surface area contributed by atoms with Crippen molar-refractivity contribution in [1.29, 1.82) is 0 Å². The van der Waals surface area contributed by atoms with E-state index >= 15 is 0 Å². The van der Waals surface area contributed by atoms with Crippen molar-refractivity contribution in [2.45, 2.75) is 56.4 Å². The summed E-state index contributed by atoms with van der Waals surface area (Å²) in [6, 6.07) is 9.20. The van der Waals surface area contributed by atoms with Crippen LogP contribution in [0.2, 0.25) is 0 Å². The molecule has 16 heavy (non-hydrogen) atoms. The maximum Gasteiger partial charge on any atom is 0.0248 e. The van der Waals surface area contributed by atoms with Gasteiger partial charge in [-0.15, -0.1) is 0 Å². The summed E-state index contributed by atoms with van der Waals surface area (Å²) in [5.41, 5.74) is 9.45. The van der Waals surface area contributed by atoms with Crippen LogP contribution in [0, 0.1) is 0 Å². The first-order valence-electron chi connectivity index (χ1n) is 6.42. The van der Waals surface area contributed by atoms with Gasteiger partial charge < -0.3 is 5.73 Å². The lowest BCUT2D eigenvalue weighted by molar-refractivity contribution is 0.391. The lowest BCUT2D eigenvalue weighted by Crippen LogP contribution is -2.43. The molecule has 0 amide bonds. The largest absolute Gasteiger partial charge is 0.324 e. The summed E-state index contributed by atoms with van der Waals surface area (Å²) < 4.78 is 0. The van der Waals surface area contributed by atoms with Gasteiger partial charge in [-0.25, -0.2) is 0 Å². The lowest BCUT2D eigenvalue weighted by Gasteiger charge is -2.32. The monoisotopic (exact) mass is 215 g/mol. The Hall–Kier alpha value is -0.820. The van der Waals surface area contributed by atoms with E-state index in [-0.39, 0.29) is 11.0 Å². The third-order valence-electron chi connectivity index (χ3n) is 4.71. The topological polar surface area (TPSA) is 26.0 Å². The van der Waals surface area contributed by atoms with Crippen molar-refractivity contribution in [3.05, 3.63) is 35.4 Å². The van der Waals surface area contributed by atoms with Crippen LogP contribution in [0.1, 0.15) is 56.6 Å². The van der Waals surface area contributed by atoms with Gasteiger partial charge in [0.25, 0.3) is 0 Å². The van der Waals surface area contributed by atoms with Gasteiger partial charge in [-0.3, -0.25) is 0 Å². The van der Waals surface area contributed by atoms with E-state index < -0.39 is 0 Å². The summed E-state index contributed by atoms with van der Waals surface area (Å²) in [6.45, 7) is 4.57. The Morgan fingerprint density at radius 2 is 1.69 bits per heavy atom. The first-order chi connectivity index (χ1) is 7.53. The van der Waals surface area contributed by atoms with Crippen LogP contribution >= 0.6 is 0 Å². The SMILES string of the molecule is CC(C)(c1ccc(C2CC2)cc1)C1(N)CC1. The van der Waals surface area contributed by atoms with Gasteiger partial charge in [0, 0.05) is 11.0 Å². The average Bonchev–Trinajstić information content (AvgIpc) is 3.12. The molecule has 1 nitrogen and oxygen atoms in total. The molecule has 0 atom stereocenters. The lowest BCUT2D eigenvalue weighted by atomic mass is 9.76. The van der Waals surface area contributed by atoms with Crippen LogP contribution in [0.5, 0.6) is 0 Å². The smallest absolute Gasteiger partial charge is 0.0248 e. The van der Waals surface area contributed by atoms with Gasteiger partial charge in [0.1, 0.15) is 0 Å². The third-order valence-corrected chi connectivity index (χ3v) is 4.71. The molecule has 0 unspecified atom stereocenters. The molecular weight excluding hydrogens is 194 g/mol. The van der Waals surface area contributed by atoms with Crippen LogP contribution < -0.4 is 5.73 Å². The molecule has 2 N–H and O–H groups in total. The van der Waals surface area contributed by atoms with Gasteiger partial charge in [0.15, 0.2) is 0 Å². The number of rotatable bonds is 3. The summed E-state index contributed by atoms with van der Waals surface area (Å²) in [7, 11) is 0. The van der Waals surface area contributed by atoms with E-state index in [0.29, 0.717) is 0 Å². The fourth-order valence-electron chi connectivity index (χ4n) is 2.64. The maximum atomic E-state index is 6.37. The molecule has 2 saturated carbocycles. The summed E-state index contributed by atoms with van der Waals surface area (Å²) in [5, 5.41) is 0. The molecule has 0 aromatic heterocycles. The van der Waals surface area contributed by atoms with E-state index in [1.807, 2.05) is 0 Å². The fraction of sp³-hybridized carbons (Fsp3) is 0.600. The number of benzene rings is 1. The van der Waals surface area contributed by atoms with E-state index in [0.717, 1.165) is 5.92 Å². The highest BCUT2D eigenvalue weighted by molar-refractivity contribution is 5.36. The van der Waals surface area contributed by atoms with Gasteiger partial charge in [0.2, 0.25) is 0 Å². The van der Waals surface area contributed by atoms with Gasteiger partial charge in [-0.2, -0.15) is 0 Å². The van der Waals surface area contributed by atoms with Gasteiger partial charge >= 0.3 is 0 Å².